The molecular weight excluding hydrogens is 260 g/mol. The van der Waals surface area contributed by atoms with Crippen molar-refractivity contribution in [3.8, 4) is 0 Å². The predicted octanol–water partition coefficient (Wildman–Crippen LogP) is 1.76. The van der Waals surface area contributed by atoms with Crippen molar-refractivity contribution in [2.75, 3.05) is 18.2 Å². The van der Waals surface area contributed by atoms with E-state index in [9.17, 15) is 24.0 Å². The molecule has 8 heteroatoms. The highest BCUT2D eigenvalue weighted by Crippen LogP contribution is 2.43. The van der Waals surface area contributed by atoms with Gasteiger partial charge in [0.05, 0.1) is 10.7 Å². The van der Waals surface area contributed by atoms with Gasteiger partial charge in [0.2, 0.25) is 0 Å². The standard InChI is InChI=1S/C10H12N2O5S/c13-10(11-4-5-18(16,17)7-11)8-2-1-3-9(6-8)12(14)15/h1-3,6,16-17H,4-5,7H2. The number of carbonyl (C=O) groups excluding carboxylic acids is 1. The van der Waals surface area contributed by atoms with Crippen LogP contribution in [-0.2, 0) is 0 Å². The number of nitro groups is 1. The minimum atomic E-state index is -2.70. The summed E-state index contributed by atoms with van der Waals surface area (Å²) in [7, 11) is -2.70. The molecule has 0 radical (unpaired) electrons. The monoisotopic (exact) mass is 272 g/mol. The topological polar surface area (TPSA) is 104 Å². The maximum atomic E-state index is 12.0. The van der Waals surface area contributed by atoms with Crippen LogP contribution in [0.5, 0.6) is 0 Å². The van der Waals surface area contributed by atoms with Gasteiger partial charge in [-0.3, -0.25) is 24.0 Å². The first-order valence-corrected chi connectivity index (χ1v) is 7.05. The first kappa shape index (κ1) is 12.8. The maximum Gasteiger partial charge on any atom is 0.270 e. The molecule has 0 saturated carbocycles. The van der Waals surface area contributed by atoms with Crippen LogP contribution in [0.15, 0.2) is 24.3 Å². The number of nitrogens with zero attached hydrogens (tertiary/aromatic N) is 2. The molecule has 1 heterocycles. The Labute approximate surface area is 105 Å². The fourth-order valence-electron chi connectivity index (χ4n) is 1.73. The summed E-state index contributed by atoms with van der Waals surface area (Å²) < 4.78 is 18.9. The van der Waals surface area contributed by atoms with Gasteiger partial charge in [-0.2, -0.15) is 10.6 Å². The molecule has 1 aliphatic heterocycles. The number of hydrogen-bond donors (Lipinski definition) is 2. The number of non-ortho nitro benzene ring substituents is 1. The molecule has 1 aliphatic rings. The predicted molar refractivity (Wildman–Crippen MR) is 66.7 cm³/mol. The average molecular weight is 272 g/mol. The van der Waals surface area contributed by atoms with Crippen molar-refractivity contribution in [2.24, 2.45) is 0 Å². The van der Waals surface area contributed by atoms with Crippen molar-refractivity contribution >= 4 is 22.2 Å². The van der Waals surface area contributed by atoms with E-state index in [1.54, 1.807) is 0 Å². The van der Waals surface area contributed by atoms with Crippen LogP contribution in [-0.4, -0.2) is 43.0 Å². The van der Waals surface area contributed by atoms with E-state index >= 15 is 0 Å². The first-order chi connectivity index (χ1) is 8.39. The van der Waals surface area contributed by atoms with E-state index in [-0.39, 0.29) is 29.4 Å². The molecule has 0 bridgehead atoms. The molecule has 7 nitrogen and oxygen atoms in total. The highest BCUT2D eigenvalue weighted by molar-refractivity contribution is 8.24. The molecular formula is C10H12N2O5S. The van der Waals surface area contributed by atoms with Crippen molar-refractivity contribution in [3.05, 3.63) is 39.9 Å². The van der Waals surface area contributed by atoms with Gasteiger partial charge >= 0.3 is 0 Å². The van der Waals surface area contributed by atoms with E-state index < -0.39 is 21.4 Å². The highest BCUT2D eigenvalue weighted by atomic mass is 32.3. The lowest BCUT2D eigenvalue weighted by molar-refractivity contribution is -0.384. The van der Waals surface area contributed by atoms with E-state index in [1.807, 2.05) is 0 Å². The molecule has 0 aromatic heterocycles. The fourth-order valence-corrected chi connectivity index (χ4v) is 3.12. The largest absolute Gasteiger partial charge is 0.320 e. The Morgan fingerprint density at radius 1 is 1.44 bits per heavy atom. The molecule has 2 N–H and O–H groups in total. The second kappa shape index (κ2) is 4.56. The summed E-state index contributed by atoms with van der Waals surface area (Å²) >= 11 is 0. The lowest BCUT2D eigenvalue weighted by Crippen LogP contribution is -2.28. The molecule has 1 fully saturated rings. The molecule has 0 atom stereocenters. The van der Waals surface area contributed by atoms with Gasteiger partial charge in [0.1, 0.15) is 5.88 Å². The summed E-state index contributed by atoms with van der Waals surface area (Å²) in [4.78, 5) is 23.3. The minimum Gasteiger partial charge on any atom is -0.320 e. The molecule has 1 saturated heterocycles. The van der Waals surface area contributed by atoms with Crippen molar-refractivity contribution in [1.29, 1.82) is 0 Å². The summed E-state index contributed by atoms with van der Waals surface area (Å²) in [6, 6.07) is 5.39. The third-order valence-corrected chi connectivity index (χ3v) is 4.20. The zero-order valence-corrected chi connectivity index (χ0v) is 10.2. The highest BCUT2D eigenvalue weighted by Gasteiger charge is 2.30. The first-order valence-electron chi connectivity index (χ1n) is 5.16. The van der Waals surface area contributed by atoms with Crippen LogP contribution in [0.25, 0.3) is 0 Å². The zero-order valence-electron chi connectivity index (χ0n) is 9.35. The van der Waals surface area contributed by atoms with E-state index in [4.69, 9.17) is 0 Å². The Kier molecular flexibility index (Phi) is 3.24. The Morgan fingerprint density at radius 3 is 2.72 bits per heavy atom. The number of carbonyl (C=O) groups is 1. The Hall–Kier alpha value is -1.64. The van der Waals surface area contributed by atoms with Crippen LogP contribution in [0, 0.1) is 10.1 Å². The fraction of sp³-hybridized carbons (Fsp3) is 0.300. The van der Waals surface area contributed by atoms with Crippen LogP contribution in [0.1, 0.15) is 10.4 Å². The van der Waals surface area contributed by atoms with E-state index in [0.717, 1.165) is 0 Å². The summed E-state index contributed by atoms with van der Waals surface area (Å²) in [6.45, 7) is 0.254. The van der Waals surface area contributed by atoms with Crippen molar-refractivity contribution in [1.82, 2.24) is 4.90 Å². The van der Waals surface area contributed by atoms with Gasteiger partial charge in [0.25, 0.3) is 11.6 Å². The van der Waals surface area contributed by atoms with E-state index in [2.05, 4.69) is 0 Å². The number of amides is 1. The third kappa shape index (κ3) is 2.61. The van der Waals surface area contributed by atoms with Crippen LogP contribution in [0.4, 0.5) is 5.69 Å². The molecule has 1 aromatic rings. The molecule has 1 amide bonds. The number of rotatable bonds is 2. The maximum absolute atomic E-state index is 12.0. The number of nitro benzene ring substituents is 1. The molecule has 0 aliphatic carbocycles. The summed E-state index contributed by atoms with van der Waals surface area (Å²) in [5.41, 5.74) is 0.0213. The molecule has 1 aromatic carbocycles. The Balaban J connectivity index is 2.19. The Bertz CT molecular complexity index is 505. The van der Waals surface area contributed by atoms with Crippen LogP contribution < -0.4 is 0 Å². The molecule has 0 unspecified atom stereocenters. The SMILES string of the molecule is O=C(c1cccc([N+](=O)[O-])c1)N1CCS(O)(O)C1. The van der Waals surface area contributed by atoms with Gasteiger partial charge < -0.3 is 4.90 Å². The van der Waals surface area contributed by atoms with Gasteiger partial charge in [-0.05, 0) is 6.07 Å². The van der Waals surface area contributed by atoms with Gasteiger partial charge in [0, 0.05) is 24.2 Å². The molecule has 2 rings (SSSR count). The second-order valence-corrected chi connectivity index (χ2v) is 6.28. The lowest BCUT2D eigenvalue weighted by atomic mass is 10.2. The van der Waals surface area contributed by atoms with E-state index in [0.29, 0.717) is 0 Å². The Morgan fingerprint density at radius 2 is 2.17 bits per heavy atom. The smallest absolute Gasteiger partial charge is 0.270 e. The normalized spacial score (nSPS) is 19.6. The average Bonchev–Trinajstić information content (AvgIpc) is 2.69. The number of benzene rings is 1. The molecule has 98 valence electrons. The second-order valence-electron chi connectivity index (χ2n) is 4.01. The molecule has 18 heavy (non-hydrogen) atoms. The van der Waals surface area contributed by atoms with E-state index in [1.165, 1.54) is 29.2 Å². The van der Waals surface area contributed by atoms with Gasteiger partial charge in [-0.15, -0.1) is 0 Å². The van der Waals surface area contributed by atoms with Crippen molar-refractivity contribution < 1.29 is 18.8 Å². The van der Waals surface area contributed by atoms with Crippen molar-refractivity contribution in [2.45, 2.75) is 0 Å². The third-order valence-electron chi connectivity index (χ3n) is 2.64. The summed E-state index contributed by atoms with van der Waals surface area (Å²) in [5.74, 6) is -0.362. The van der Waals surface area contributed by atoms with Crippen LogP contribution in [0.2, 0.25) is 0 Å². The van der Waals surface area contributed by atoms with Crippen LogP contribution >= 0.6 is 10.6 Å². The van der Waals surface area contributed by atoms with Crippen molar-refractivity contribution in [3.63, 3.8) is 0 Å². The number of hydrogen-bond acceptors (Lipinski definition) is 5. The van der Waals surface area contributed by atoms with Gasteiger partial charge in [-0.25, -0.2) is 0 Å². The van der Waals surface area contributed by atoms with Crippen LogP contribution in [0.3, 0.4) is 0 Å². The quantitative estimate of drug-likeness (QED) is 0.630. The minimum absolute atomic E-state index is 0.103. The lowest BCUT2D eigenvalue weighted by Gasteiger charge is -2.25. The summed E-state index contributed by atoms with van der Waals surface area (Å²) in [6.07, 6.45) is 0. The summed E-state index contributed by atoms with van der Waals surface area (Å²) in [5, 5.41) is 10.6. The van der Waals surface area contributed by atoms with Gasteiger partial charge in [-0.1, -0.05) is 6.07 Å². The zero-order chi connectivity index (χ0) is 13.3. The van der Waals surface area contributed by atoms with Gasteiger partial charge in [0.15, 0.2) is 0 Å². The molecule has 0 spiro atoms.